The van der Waals surface area contributed by atoms with Gasteiger partial charge in [-0.1, -0.05) is 43.5 Å². The Bertz CT molecular complexity index is 978. The van der Waals surface area contributed by atoms with Crippen molar-refractivity contribution >= 4 is 32.4 Å². The van der Waals surface area contributed by atoms with Crippen molar-refractivity contribution in [3.63, 3.8) is 0 Å². The Balaban J connectivity index is 1.62. The van der Waals surface area contributed by atoms with Crippen LogP contribution in [0, 0.1) is 5.92 Å². The maximum absolute atomic E-state index is 13.1. The van der Waals surface area contributed by atoms with Crippen LogP contribution in [0.15, 0.2) is 41.3 Å². The van der Waals surface area contributed by atoms with Gasteiger partial charge in [-0.15, -0.1) is 0 Å². The van der Waals surface area contributed by atoms with Crippen LogP contribution in [0.2, 0.25) is 0 Å². The van der Waals surface area contributed by atoms with Crippen molar-refractivity contribution in [2.24, 2.45) is 5.92 Å². The van der Waals surface area contributed by atoms with Crippen LogP contribution in [0.5, 0.6) is 0 Å². The molecule has 6 nitrogen and oxygen atoms in total. The van der Waals surface area contributed by atoms with E-state index in [4.69, 9.17) is 0 Å². The van der Waals surface area contributed by atoms with Crippen LogP contribution >= 0.6 is 0 Å². The van der Waals surface area contributed by atoms with Crippen molar-refractivity contribution in [2.75, 3.05) is 18.4 Å². The monoisotopic (exact) mass is 415 g/mol. The molecule has 0 atom stereocenters. The van der Waals surface area contributed by atoms with Gasteiger partial charge >= 0.3 is 0 Å². The summed E-state index contributed by atoms with van der Waals surface area (Å²) in [6, 6.07) is 10.7. The van der Waals surface area contributed by atoms with E-state index in [0.29, 0.717) is 11.1 Å². The molecule has 2 aromatic rings. The summed E-state index contributed by atoms with van der Waals surface area (Å²) in [5, 5.41) is 7.69. The van der Waals surface area contributed by atoms with E-state index in [1.165, 1.54) is 6.42 Å². The van der Waals surface area contributed by atoms with Crippen molar-refractivity contribution in [1.29, 1.82) is 0 Å². The number of rotatable bonds is 5. The van der Waals surface area contributed by atoms with Gasteiger partial charge in [0.1, 0.15) is 0 Å². The number of hydrogen-bond donors (Lipinski definition) is 3. The van der Waals surface area contributed by atoms with Gasteiger partial charge in [0, 0.05) is 28.4 Å². The predicted octanol–water partition coefficient (Wildman–Crippen LogP) is 3.39. The number of benzene rings is 2. The van der Waals surface area contributed by atoms with Crippen molar-refractivity contribution in [3.8, 4) is 0 Å². The lowest BCUT2D eigenvalue weighted by atomic mass is 9.88. The summed E-state index contributed by atoms with van der Waals surface area (Å²) in [5.41, 5.74) is 0.678. The molecule has 1 aliphatic heterocycles. The molecule has 1 saturated heterocycles. The third-order valence-corrected chi connectivity index (χ3v) is 7.65. The Labute approximate surface area is 172 Å². The molecule has 0 spiro atoms. The molecule has 4 rings (SSSR count). The first-order valence-electron chi connectivity index (χ1n) is 10.6. The predicted molar refractivity (Wildman–Crippen MR) is 115 cm³/mol. The molecule has 2 aromatic carbocycles. The van der Waals surface area contributed by atoms with Gasteiger partial charge in [0.25, 0.3) is 0 Å². The largest absolute Gasteiger partial charge is 0.325 e. The van der Waals surface area contributed by atoms with E-state index in [1.54, 1.807) is 12.1 Å². The summed E-state index contributed by atoms with van der Waals surface area (Å²) in [5.74, 6) is 0.0887. The molecule has 0 aromatic heterocycles. The number of carbonyl (C=O) groups is 1. The minimum atomic E-state index is -3.64. The SMILES string of the molecule is O=C(Nc1ccc(S(=O)(=O)NC2CCNCC2)c2ccccc12)C1CCCCC1. The first kappa shape index (κ1) is 20.3. The molecule has 0 radical (unpaired) electrons. The molecule has 0 unspecified atom stereocenters. The number of sulfonamides is 1. The molecule has 7 heteroatoms. The molecule has 2 aliphatic rings. The van der Waals surface area contributed by atoms with Gasteiger partial charge in [0.15, 0.2) is 0 Å². The summed E-state index contributed by atoms with van der Waals surface area (Å²) in [6.45, 7) is 1.64. The highest BCUT2D eigenvalue weighted by atomic mass is 32.2. The summed E-state index contributed by atoms with van der Waals surface area (Å²) in [7, 11) is -3.64. The number of fused-ring (bicyclic) bond motifs is 1. The molecule has 156 valence electrons. The fraction of sp³-hybridized carbons (Fsp3) is 0.500. The zero-order chi connectivity index (χ0) is 20.3. The Kier molecular flexibility index (Phi) is 6.18. The Hall–Kier alpha value is -1.96. The summed E-state index contributed by atoms with van der Waals surface area (Å²) in [6.07, 6.45) is 6.81. The van der Waals surface area contributed by atoms with Crippen LogP contribution < -0.4 is 15.4 Å². The summed E-state index contributed by atoms with van der Waals surface area (Å²) < 4.78 is 29.0. The van der Waals surface area contributed by atoms with E-state index in [0.717, 1.165) is 57.0 Å². The third kappa shape index (κ3) is 4.63. The second-order valence-electron chi connectivity index (χ2n) is 8.13. The molecule has 1 amide bonds. The van der Waals surface area contributed by atoms with Crippen LogP contribution in [-0.4, -0.2) is 33.5 Å². The fourth-order valence-electron chi connectivity index (χ4n) is 4.44. The number of hydrogen-bond acceptors (Lipinski definition) is 4. The second kappa shape index (κ2) is 8.81. The van der Waals surface area contributed by atoms with Gasteiger partial charge in [-0.25, -0.2) is 13.1 Å². The van der Waals surface area contributed by atoms with Crippen LogP contribution in [-0.2, 0) is 14.8 Å². The maximum Gasteiger partial charge on any atom is 0.241 e. The third-order valence-electron chi connectivity index (χ3n) is 6.07. The van der Waals surface area contributed by atoms with E-state index in [-0.39, 0.29) is 22.8 Å². The average Bonchev–Trinajstić information content (AvgIpc) is 2.75. The molecule has 0 bridgehead atoms. The Morgan fingerprint density at radius 2 is 1.59 bits per heavy atom. The highest BCUT2D eigenvalue weighted by Crippen LogP contribution is 2.31. The number of anilines is 1. The first-order valence-corrected chi connectivity index (χ1v) is 12.1. The highest BCUT2D eigenvalue weighted by molar-refractivity contribution is 7.89. The van der Waals surface area contributed by atoms with Crippen LogP contribution in [0.3, 0.4) is 0 Å². The van der Waals surface area contributed by atoms with Gasteiger partial charge in [-0.2, -0.15) is 0 Å². The lowest BCUT2D eigenvalue weighted by molar-refractivity contribution is -0.120. The minimum Gasteiger partial charge on any atom is -0.325 e. The highest BCUT2D eigenvalue weighted by Gasteiger charge is 2.25. The van der Waals surface area contributed by atoms with Gasteiger partial charge in [-0.05, 0) is 50.9 Å². The quantitative estimate of drug-likeness (QED) is 0.699. The fourth-order valence-corrected chi connectivity index (χ4v) is 5.95. The Morgan fingerprint density at radius 1 is 0.897 bits per heavy atom. The van der Waals surface area contributed by atoms with E-state index in [1.807, 2.05) is 24.3 Å². The molecule has 1 heterocycles. The first-order chi connectivity index (χ1) is 14.0. The second-order valence-corrected chi connectivity index (χ2v) is 9.81. The number of carbonyl (C=O) groups excluding carboxylic acids is 1. The van der Waals surface area contributed by atoms with Crippen molar-refractivity contribution in [1.82, 2.24) is 10.0 Å². The van der Waals surface area contributed by atoms with Crippen LogP contribution in [0.1, 0.15) is 44.9 Å². The number of amides is 1. The zero-order valence-corrected chi connectivity index (χ0v) is 17.4. The van der Waals surface area contributed by atoms with Crippen molar-refractivity contribution < 1.29 is 13.2 Å². The molecule has 2 fully saturated rings. The van der Waals surface area contributed by atoms with Crippen LogP contribution in [0.25, 0.3) is 10.8 Å². The van der Waals surface area contributed by atoms with Gasteiger partial charge in [0.2, 0.25) is 15.9 Å². The average molecular weight is 416 g/mol. The number of nitrogens with one attached hydrogen (secondary N) is 3. The molecule has 1 saturated carbocycles. The normalized spacial score (nSPS) is 19.3. The van der Waals surface area contributed by atoms with E-state index in [2.05, 4.69) is 15.4 Å². The molecule has 1 aliphatic carbocycles. The maximum atomic E-state index is 13.1. The minimum absolute atomic E-state index is 0.0401. The Morgan fingerprint density at radius 3 is 2.31 bits per heavy atom. The lowest BCUT2D eigenvalue weighted by Gasteiger charge is -2.24. The van der Waals surface area contributed by atoms with Gasteiger partial charge in [-0.3, -0.25) is 4.79 Å². The standard InChI is InChI=1S/C22H29N3O3S/c26-22(16-6-2-1-3-7-16)24-20-10-11-21(19-9-5-4-8-18(19)20)29(27,28)25-17-12-14-23-15-13-17/h4-5,8-11,16-17,23,25H,1-3,6-7,12-15H2,(H,24,26). The van der Waals surface area contributed by atoms with E-state index >= 15 is 0 Å². The van der Waals surface area contributed by atoms with Gasteiger partial charge in [0.05, 0.1) is 4.90 Å². The molecular formula is C22H29N3O3S. The summed E-state index contributed by atoms with van der Waals surface area (Å²) >= 11 is 0. The van der Waals surface area contributed by atoms with E-state index < -0.39 is 10.0 Å². The van der Waals surface area contributed by atoms with Crippen molar-refractivity contribution in [3.05, 3.63) is 36.4 Å². The zero-order valence-electron chi connectivity index (χ0n) is 16.6. The summed E-state index contributed by atoms with van der Waals surface area (Å²) in [4.78, 5) is 13.0. The smallest absolute Gasteiger partial charge is 0.241 e. The van der Waals surface area contributed by atoms with E-state index in [9.17, 15) is 13.2 Å². The number of piperidine rings is 1. The van der Waals surface area contributed by atoms with Crippen molar-refractivity contribution in [2.45, 2.75) is 55.9 Å². The molecule has 29 heavy (non-hydrogen) atoms. The molecule has 3 N–H and O–H groups in total. The van der Waals surface area contributed by atoms with Crippen LogP contribution in [0.4, 0.5) is 5.69 Å². The molecular weight excluding hydrogens is 386 g/mol. The topological polar surface area (TPSA) is 87.3 Å². The lowest BCUT2D eigenvalue weighted by Crippen LogP contribution is -2.42. The van der Waals surface area contributed by atoms with Gasteiger partial charge < -0.3 is 10.6 Å².